The van der Waals surface area contributed by atoms with Crippen LogP contribution in [0.1, 0.15) is 52.9 Å². The molecule has 1 aliphatic rings. The van der Waals surface area contributed by atoms with Gasteiger partial charge in [-0.05, 0) is 18.8 Å². The van der Waals surface area contributed by atoms with E-state index < -0.39 is 0 Å². The average molecular weight is 183 g/mol. The fraction of sp³-hybridized carbons (Fsp3) is 0.909. The summed E-state index contributed by atoms with van der Waals surface area (Å²) in [5, 5.41) is 3.00. The van der Waals surface area contributed by atoms with E-state index in [9.17, 15) is 4.79 Å². The first-order valence-corrected chi connectivity index (χ1v) is 5.38. The molecule has 0 aromatic rings. The van der Waals surface area contributed by atoms with Gasteiger partial charge in [-0.3, -0.25) is 4.79 Å². The largest absolute Gasteiger partial charge is 0.353 e. The minimum Gasteiger partial charge on any atom is -0.353 e. The lowest BCUT2D eigenvalue weighted by molar-refractivity contribution is -0.119. The van der Waals surface area contributed by atoms with Gasteiger partial charge in [-0.1, -0.05) is 33.1 Å². The van der Waals surface area contributed by atoms with E-state index in [1.807, 2.05) is 0 Å². The molecule has 1 aliphatic heterocycles. The van der Waals surface area contributed by atoms with E-state index in [4.69, 9.17) is 0 Å². The number of amides is 1. The highest BCUT2D eigenvalue weighted by atomic mass is 16.2. The second-order valence-electron chi connectivity index (χ2n) is 4.58. The van der Waals surface area contributed by atoms with Gasteiger partial charge in [0.1, 0.15) is 0 Å². The van der Waals surface area contributed by atoms with Gasteiger partial charge in [0.2, 0.25) is 5.91 Å². The molecule has 2 unspecified atom stereocenters. The third-order valence-corrected chi connectivity index (χ3v) is 3.34. The van der Waals surface area contributed by atoms with Gasteiger partial charge in [0.15, 0.2) is 0 Å². The predicted octanol–water partition coefficient (Wildman–Crippen LogP) is 2.48. The minimum absolute atomic E-state index is 0.215. The number of carbonyl (C=O) groups is 1. The van der Waals surface area contributed by atoms with Gasteiger partial charge in [0.25, 0.3) is 0 Å². The molecule has 1 saturated heterocycles. The van der Waals surface area contributed by atoms with Gasteiger partial charge in [0.05, 0.1) is 0 Å². The van der Waals surface area contributed by atoms with Crippen molar-refractivity contribution in [2.75, 3.05) is 0 Å². The summed E-state index contributed by atoms with van der Waals surface area (Å²) in [5.41, 5.74) is 0.215. The van der Waals surface area contributed by atoms with Crippen LogP contribution in [-0.2, 0) is 4.79 Å². The Hall–Kier alpha value is -0.530. The van der Waals surface area contributed by atoms with Crippen LogP contribution >= 0.6 is 0 Å². The van der Waals surface area contributed by atoms with Crippen LogP contribution in [0, 0.1) is 5.41 Å². The Morgan fingerprint density at radius 3 is 2.69 bits per heavy atom. The van der Waals surface area contributed by atoms with Crippen LogP contribution in [-0.4, -0.2) is 11.9 Å². The summed E-state index contributed by atoms with van der Waals surface area (Å²) < 4.78 is 0. The van der Waals surface area contributed by atoms with Crippen LogP contribution in [0.5, 0.6) is 0 Å². The van der Waals surface area contributed by atoms with Crippen LogP contribution in [0.4, 0.5) is 0 Å². The van der Waals surface area contributed by atoms with E-state index in [1.165, 1.54) is 25.7 Å². The zero-order chi connectivity index (χ0) is 9.90. The van der Waals surface area contributed by atoms with Crippen molar-refractivity contribution >= 4 is 5.91 Å². The quantitative estimate of drug-likeness (QED) is 0.666. The van der Waals surface area contributed by atoms with Crippen molar-refractivity contribution in [2.45, 2.75) is 58.9 Å². The molecular weight excluding hydrogens is 162 g/mol. The molecule has 0 saturated carbocycles. The van der Waals surface area contributed by atoms with E-state index in [0.29, 0.717) is 6.04 Å². The Kier molecular flexibility index (Phi) is 3.34. The normalized spacial score (nSPS) is 33.5. The summed E-state index contributed by atoms with van der Waals surface area (Å²) in [4.78, 5) is 11.2. The summed E-state index contributed by atoms with van der Waals surface area (Å²) in [6.45, 7) is 6.56. The maximum atomic E-state index is 11.2. The van der Waals surface area contributed by atoms with Crippen molar-refractivity contribution in [3.05, 3.63) is 0 Å². The lowest BCUT2D eigenvalue weighted by atomic mass is 9.78. The Morgan fingerprint density at radius 2 is 2.23 bits per heavy atom. The van der Waals surface area contributed by atoms with Crippen LogP contribution < -0.4 is 5.32 Å². The standard InChI is InChI=1S/C11H21NO/c1-4-5-6-7-11(3)8-10(13)12-9(11)2/h9H,4-8H2,1-3H3,(H,12,13). The number of nitrogens with one attached hydrogen (secondary N) is 1. The van der Waals surface area contributed by atoms with Gasteiger partial charge in [0, 0.05) is 12.5 Å². The number of hydrogen-bond donors (Lipinski definition) is 1. The summed E-state index contributed by atoms with van der Waals surface area (Å²) in [6.07, 6.45) is 5.70. The molecule has 0 aromatic heterocycles. The lowest BCUT2D eigenvalue weighted by Gasteiger charge is -2.27. The fourth-order valence-electron chi connectivity index (χ4n) is 2.07. The molecule has 0 aromatic carbocycles. The number of hydrogen-bond acceptors (Lipinski definition) is 1. The molecule has 2 nitrogen and oxygen atoms in total. The third-order valence-electron chi connectivity index (χ3n) is 3.34. The summed E-state index contributed by atoms with van der Waals surface area (Å²) in [6, 6.07) is 0.358. The smallest absolute Gasteiger partial charge is 0.220 e. The Labute approximate surface area is 81.1 Å². The summed E-state index contributed by atoms with van der Waals surface area (Å²) in [7, 11) is 0. The molecular formula is C11H21NO. The fourth-order valence-corrected chi connectivity index (χ4v) is 2.07. The number of unbranched alkanes of at least 4 members (excludes halogenated alkanes) is 2. The van der Waals surface area contributed by atoms with Crippen molar-refractivity contribution in [2.24, 2.45) is 5.41 Å². The van der Waals surface area contributed by atoms with Crippen LogP contribution in [0.2, 0.25) is 0 Å². The molecule has 1 heterocycles. The Bertz CT molecular complexity index is 191. The SMILES string of the molecule is CCCCCC1(C)CC(=O)NC1C. The van der Waals surface area contributed by atoms with Crippen LogP contribution in [0.25, 0.3) is 0 Å². The first-order valence-electron chi connectivity index (χ1n) is 5.38. The van der Waals surface area contributed by atoms with Gasteiger partial charge in [-0.25, -0.2) is 0 Å². The molecule has 2 heteroatoms. The van der Waals surface area contributed by atoms with E-state index in [1.54, 1.807) is 0 Å². The highest BCUT2D eigenvalue weighted by Gasteiger charge is 2.39. The van der Waals surface area contributed by atoms with Crippen LogP contribution in [0.15, 0.2) is 0 Å². The molecule has 76 valence electrons. The third kappa shape index (κ3) is 2.45. The predicted molar refractivity (Wildman–Crippen MR) is 54.5 cm³/mol. The molecule has 1 rings (SSSR count). The zero-order valence-electron chi connectivity index (χ0n) is 9.02. The molecule has 13 heavy (non-hydrogen) atoms. The van der Waals surface area contributed by atoms with Gasteiger partial charge >= 0.3 is 0 Å². The second-order valence-corrected chi connectivity index (χ2v) is 4.58. The molecule has 1 fully saturated rings. The van der Waals surface area contributed by atoms with Gasteiger partial charge in [-0.15, -0.1) is 0 Å². The molecule has 0 bridgehead atoms. The molecule has 0 spiro atoms. The van der Waals surface area contributed by atoms with Crippen molar-refractivity contribution < 1.29 is 4.79 Å². The minimum atomic E-state index is 0.215. The topological polar surface area (TPSA) is 29.1 Å². The van der Waals surface area contributed by atoms with E-state index in [2.05, 4.69) is 26.1 Å². The first-order chi connectivity index (χ1) is 6.08. The molecule has 2 atom stereocenters. The maximum Gasteiger partial charge on any atom is 0.220 e. The van der Waals surface area contributed by atoms with Crippen molar-refractivity contribution in [1.82, 2.24) is 5.32 Å². The van der Waals surface area contributed by atoms with E-state index in [0.717, 1.165) is 6.42 Å². The molecule has 0 radical (unpaired) electrons. The first kappa shape index (κ1) is 10.6. The monoisotopic (exact) mass is 183 g/mol. The average Bonchev–Trinajstić information content (AvgIpc) is 2.27. The van der Waals surface area contributed by atoms with Crippen LogP contribution in [0.3, 0.4) is 0 Å². The van der Waals surface area contributed by atoms with Crippen molar-refractivity contribution in [3.8, 4) is 0 Å². The molecule has 1 amide bonds. The van der Waals surface area contributed by atoms with Crippen molar-refractivity contribution in [3.63, 3.8) is 0 Å². The van der Waals surface area contributed by atoms with Gasteiger partial charge in [-0.2, -0.15) is 0 Å². The zero-order valence-corrected chi connectivity index (χ0v) is 9.02. The van der Waals surface area contributed by atoms with Crippen molar-refractivity contribution in [1.29, 1.82) is 0 Å². The lowest BCUT2D eigenvalue weighted by Crippen LogP contribution is -2.32. The second kappa shape index (κ2) is 4.12. The Balaban J connectivity index is 2.41. The molecule has 1 N–H and O–H groups in total. The number of carbonyl (C=O) groups excluding carboxylic acids is 1. The maximum absolute atomic E-state index is 11.2. The summed E-state index contributed by atoms with van der Waals surface area (Å²) >= 11 is 0. The van der Waals surface area contributed by atoms with E-state index >= 15 is 0 Å². The van der Waals surface area contributed by atoms with Gasteiger partial charge < -0.3 is 5.32 Å². The van der Waals surface area contributed by atoms with E-state index in [-0.39, 0.29) is 11.3 Å². The molecule has 0 aliphatic carbocycles. The Morgan fingerprint density at radius 1 is 1.54 bits per heavy atom. The number of rotatable bonds is 4. The highest BCUT2D eigenvalue weighted by Crippen LogP contribution is 2.36. The highest BCUT2D eigenvalue weighted by molar-refractivity contribution is 5.79. The summed E-state index contributed by atoms with van der Waals surface area (Å²) in [5.74, 6) is 0.228.